The first-order chi connectivity index (χ1) is 14.8. The number of aliphatic imine (C=N–C) groups is 1. The Bertz CT molecular complexity index is 1010. The summed E-state index contributed by atoms with van der Waals surface area (Å²) in [5.41, 5.74) is 3.25. The van der Waals surface area contributed by atoms with Crippen LogP contribution in [-0.2, 0) is 17.9 Å². The number of benzene rings is 2. The first kappa shape index (κ1) is 24.3. The van der Waals surface area contributed by atoms with Crippen molar-refractivity contribution in [2.45, 2.75) is 46.2 Å². The van der Waals surface area contributed by atoms with E-state index >= 15 is 0 Å². The molecule has 1 aliphatic rings. The fourth-order valence-corrected chi connectivity index (χ4v) is 3.29. The van der Waals surface area contributed by atoms with Crippen molar-refractivity contribution in [1.82, 2.24) is 4.90 Å². The Morgan fingerprint density at radius 1 is 1.16 bits per heavy atom. The molecule has 0 saturated heterocycles. The number of carbonyl (C=O) groups excluding carboxylic acids is 1. The van der Waals surface area contributed by atoms with Crippen molar-refractivity contribution in [2.75, 3.05) is 0 Å². The van der Waals surface area contributed by atoms with Crippen LogP contribution in [0, 0.1) is 22.5 Å². The van der Waals surface area contributed by atoms with Crippen molar-refractivity contribution in [3.63, 3.8) is 0 Å². The van der Waals surface area contributed by atoms with Crippen molar-refractivity contribution >= 4 is 35.8 Å². The van der Waals surface area contributed by atoms with Gasteiger partial charge in [0.05, 0.1) is 11.2 Å². The summed E-state index contributed by atoms with van der Waals surface area (Å²) < 4.78 is 26.6. The van der Waals surface area contributed by atoms with Crippen LogP contribution < -0.4 is 0 Å². The SMILES string of the molecule is CCC(=O)N1Cc2ccc(-c3cc(F)c(F)cc3Cl)cc2C1.CCCC=NC(=N)C=N. The third kappa shape index (κ3) is 6.52. The second-order valence-corrected chi connectivity index (χ2v) is 7.37. The highest BCUT2D eigenvalue weighted by atomic mass is 35.5. The van der Waals surface area contributed by atoms with Crippen LogP contribution in [0.25, 0.3) is 11.1 Å². The maximum Gasteiger partial charge on any atom is 0.222 e. The molecule has 0 saturated carbocycles. The maximum atomic E-state index is 13.4. The Kier molecular flexibility index (Phi) is 9.00. The number of amidine groups is 1. The largest absolute Gasteiger partial charge is 0.334 e. The summed E-state index contributed by atoms with van der Waals surface area (Å²) in [6, 6.07) is 7.69. The molecule has 0 bridgehead atoms. The van der Waals surface area contributed by atoms with Crippen molar-refractivity contribution in [2.24, 2.45) is 4.99 Å². The molecule has 0 unspecified atom stereocenters. The zero-order chi connectivity index (χ0) is 23.0. The van der Waals surface area contributed by atoms with Crippen LogP contribution in [0.4, 0.5) is 8.78 Å². The van der Waals surface area contributed by atoms with Gasteiger partial charge in [-0.05, 0) is 41.3 Å². The van der Waals surface area contributed by atoms with Crippen LogP contribution >= 0.6 is 11.6 Å². The highest BCUT2D eigenvalue weighted by molar-refractivity contribution is 6.33. The van der Waals surface area contributed by atoms with Crippen molar-refractivity contribution < 1.29 is 13.6 Å². The molecule has 0 aromatic heterocycles. The number of fused-ring (bicyclic) bond motifs is 1. The molecule has 2 aromatic carbocycles. The Morgan fingerprint density at radius 2 is 1.84 bits per heavy atom. The minimum atomic E-state index is -0.963. The highest BCUT2D eigenvalue weighted by Gasteiger charge is 2.23. The van der Waals surface area contributed by atoms with E-state index in [1.807, 2.05) is 32.0 Å². The van der Waals surface area contributed by atoms with Crippen LogP contribution in [-0.4, -0.2) is 29.1 Å². The number of amides is 1. The van der Waals surface area contributed by atoms with E-state index in [4.69, 9.17) is 22.4 Å². The summed E-state index contributed by atoms with van der Waals surface area (Å²) in [5, 5.41) is 13.6. The molecule has 0 radical (unpaired) electrons. The van der Waals surface area contributed by atoms with E-state index in [1.54, 1.807) is 11.1 Å². The normalized spacial score (nSPS) is 12.4. The van der Waals surface area contributed by atoms with Gasteiger partial charge in [0, 0.05) is 31.3 Å². The first-order valence-electron chi connectivity index (χ1n) is 9.96. The van der Waals surface area contributed by atoms with Gasteiger partial charge in [-0.2, -0.15) is 0 Å². The van der Waals surface area contributed by atoms with Crippen molar-refractivity contribution in [1.29, 1.82) is 10.8 Å². The molecule has 2 aromatic rings. The molecule has 31 heavy (non-hydrogen) atoms. The number of rotatable bonds is 5. The lowest BCUT2D eigenvalue weighted by Crippen LogP contribution is -2.23. The molecule has 0 aliphatic carbocycles. The van der Waals surface area contributed by atoms with Gasteiger partial charge in [-0.25, -0.2) is 13.8 Å². The smallest absolute Gasteiger partial charge is 0.222 e. The molecule has 164 valence electrons. The first-order valence-corrected chi connectivity index (χ1v) is 10.3. The zero-order valence-corrected chi connectivity index (χ0v) is 18.3. The van der Waals surface area contributed by atoms with Crippen molar-refractivity contribution in [3.05, 3.63) is 58.1 Å². The lowest BCUT2D eigenvalue weighted by molar-refractivity contribution is -0.131. The van der Waals surface area contributed by atoms with Gasteiger partial charge in [-0.3, -0.25) is 10.2 Å². The summed E-state index contributed by atoms with van der Waals surface area (Å²) in [5.74, 6) is -1.77. The number of unbranched alkanes of at least 4 members (excludes halogenated alkanes) is 1. The van der Waals surface area contributed by atoms with Gasteiger partial charge >= 0.3 is 0 Å². The lowest BCUT2D eigenvalue weighted by atomic mass is 10.0. The number of hydrogen-bond donors (Lipinski definition) is 2. The third-order valence-corrected chi connectivity index (χ3v) is 5.00. The van der Waals surface area contributed by atoms with Gasteiger partial charge in [0.25, 0.3) is 0 Å². The Balaban J connectivity index is 0.000000323. The summed E-state index contributed by atoms with van der Waals surface area (Å²) in [6.07, 6.45) is 4.97. The van der Waals surface area contributed by atoms with E-state index in [1.165, 1.54) is 0 Å². The molecule has 1 heterocycles. The molecule has 1 amide bonds. The Labute approximate surface area is 185 Å². The fourth-order valence-electron chi connectivity index (χ4n) is 3.04. The quantitative estimate of drug-likeness (QED) is 0.328. The van der Waals surface area contributed by atoms with Gasteiger partial charge < -0.3 is 10.3 Å². The Hall–Kier alpha value is -2.93. The van der Waals surface area contributed by atoms with Crippen LogP contribution in [0.15, 0.2) is 35.3 Å². The zero-order valence-electron chi connectivity index (χ0n) is 17.5. The van der Waals surface area contributed by atoms with Crippen molar-refractivity contribution in [3.8, 4) is 11.1 Å². The van der Waals surface area contributed by atoms with Crippen LogP contribution in [0.1, 0.15) is 44.2 Å². The summed E-state index contributed by atoms with van der Waals surface area (Å²) in [6.45, 7) is 5.00. The van der Waals surface area contributed by atoms with Crippen LogP contribution in [0.5, 0.6) is 0 Å². The topological polar surface area (TPSA) is 80.4 Å². The average Bonchev–Trinajstić information content (AvgIpc) is 3.19. The van der Waals surface area contributed by atoms with Crippen LogP contribution in [0.2, 0.25) is 5.02 Å². The maximum absolute atomic E-state index is 13.4. The number of nitrogens with one attached hydrogen (secondary N) is 2. The minimum absolute atomic E-state index is 0.0171. The summed E-state index contributed by atoms with van der Waals surface area (Å²) >= 11 is 6.02. The predicted octanol–water partition coefficient (Wildman–Crippen LogP) is 6.02. The fraction of sp³-hybridized carbons (Fsp3) is 0.304. The van der Waals surface area contributed by atoms with Gasteiger partial charge in [0.2, 0.25) is 5.91 Å². The average molecular weight is 447 g/mol. The van der Waals surface area contributed by atoms with Gasteiger partial charge in [0.1, 0.15) is 0 Å². The third-order valence-electron chi connectivity index (χ3n) is 4.69. The molecule has 1 aliphatic heterocycles. The molecule has 0 atom stereocenters. The predicted molar refractivity (Wildman–Crippen MR) is 121 cm³/mol. The number of carbonyl (C=O) groups is 1. The lowest BCUT2D eigenvalue weighted by Gasteiger charge is -2.13. The Morgan fingerprint density at radius 3 is 2.48 bits per heavy atom. The van der Waals surface area contributed by atoms with E-state index < -0.39 is 11.6 Å². The second kappa shape index (κ2) is 11.5. The molecule has 3 rings (SSSR count). The molecular weight excluding hydrogens is 422 g/mol. The summed E-state index contributed by atoms with van der Waals surface area (Å²) in [4.78, 5) is 17.2. The van der Waals surface area contributed by atoms with Crippen LogP contribution in [0.3, 0.4) is 0 Å². The van der Waals surface area contributed by atoms with Gasteiger partial charge in [-0.1, -0.05) is 44.0 Å². The van der Waals surface area contributed by atoms with E-state index in [0.29, 0.717) is 30.6 Å². The van der Waals surface area contributed by atoms with Gasteiger partial charge in [0.15, 0.2) is 17.5 Å². The minimum Gasteiger partial charge on any atom is -0.334 e. The number of hydrogen-bond acceptors (Lipinski definition) is 3. The highest BCUT2D eigenvalue weighted by Crippen LogP contribution is 2.33. The van der Waals surface area contributed by atoms with Gasteiger partial charge in [-0.15, -0.1) is 0 Å². The number of halogens is 3. The summed E-state index contributed by atoms with van der Waals surface area (Å²) in [7, 11) is 0. The monoisotopic (exact) mass is 446 g/mol. The molecule has 2 N–H and O–H groups in total. The second-order valence-electron chi connectivity index (χ2n) is 6.96. The molecule has 8 heteroatoms. The van der Waals surface area contributed by atoms with E-state index in [2.05, 4.69) is 4.99 Å². The molecular formula is C23H25ClF2N4O. The molecule has 0 spiro atoms. The van der Waals surface area contributed by atoms with E-state index in [9.17, 15) is 13.6 Å². The van der Waals surface area contributed by atoms with E-state index in [0.717, 1.165) is 42.3 Å². The van der Waals surface area contributed by atoms with E-state index in [-0.39, 0.29) is 16.8 Å². The molecule has 5 nitrogen and oxygen atoms in total. The molecule has 0 fully saturated rings. The number of nitrogens with zero attached hydrogens (tertiary/aromatic N) is 2. The standard InChI is InChI=1S/C17H14ClF2NO.C6H11N3/c1-2-17(22)21-8-11-4-3-10(5-12(11)9-21)13-6-15(19)16(20)7-14(13)18;1-2-3-4-9-6(8)5-7/h3-7H,2,8-9H2,1H3;4-5,7-8H,2-3H2,1H3.